The van der Waals surface area contributed by atoms with Crippen LogP contribution in [0.1, 0.15) is 52.7 Å². The summed E-state index contributed by atoms with van der Waals surface area (Å²) in [6.45, 7) is 13.6. The molecule has 0 saturated carbocycles. The molecule has 0 saturated heterocycles. The van der Waals surface area contributed by atoms with Crippen LogP contribution in [0.15, 0.2) is 305 Å². The third-order valence-corrected chi connectivity index (χ3v) is 23.2. The van der Waals surface area contributed by atoms with E-state index in [0.29, 0.717) is 0 Å². The minimum absolute atomic E-state index is 0.163. The summed E-state index contributed by atoms with van der Waals surface area (Å²) in [6, 6.07) is 109. The van der Waals surface area contributed by atoms with E-state index < -0.39 is 0 Å². The predicted molar refractivity (Wildman–Crippen MR) is 426 cm³/mol. The summed E-state index contributed by atoms with van der Waals surface area (Å²) in [5.41, 5.74) is 28.9. The quantitative estimate of drug-likeness (QED) is 0.155. The van der Waals surface area contributed by atoms with Crippen molar-refractivity contribution in [2.45, 2.75) is 62.2 Å². The van der Waals surface area contributed by atoms with E-state index in [9.17, 15) is 0 Å². The number of ether oxygens (including phenoxy) is 1. The van der Waals surface area contributed by atoms with Gasteiger partial charge < -0.3 is 28.1 Å². The third kappa shape index (κ3) is 8.57. The van der Waals surface area contributed by atoms with Gasteiger partial charge in [-0.15, -0.1) is 0 Å². The molecule has 7 heterocycles. The van der Waals surface area contributed by atoms with Gasteiger partial charge in [-0.25, -0.2) is 0 Å². The van der Waals surface area contributed by atoms with E-state index in [4.69, 9.17) is 9.15 Å². The lowest BCUT2D eigenvalue weighted by Gasteiger charge is -2.46. The number of aromatic nitrogens is 2. The Balaban J connectivity index is 0.892. The van der Waals surface area contributed by atoms with Gasteiger partial charge in [-0.1, -0.05) is 259 Å². The molecule has 14 aromatic carbocycles. The van der Waals surface area contributed by atoms with Gasteiger partial charge in [0.15, 0.2) is 5.58 Å². The second kappa shape index (κ2) is 21.4. The lowest BCUT2D eigenvalue weighted by Crippen LogP contribution is -2.64. The highest BCUT2D eigenvalue weighted by atomic mass is 32.2. The summed E-state index contributed by atoms with van der Waals surface area (Å²) in [6.07, 6.45) is 0. The smallest absolute Gasteiger partial charge is 0.253 e. The first-order valence-electron chi connectivity index (χ1n) is 35.3. The number of hydrogen-bond acceptors (Lipinski definition) is 5. The molecule has 4 aliphatic rings. The number of fused-ring (bicyclic) bond motifs is 17. The molecule has 17 aromatic rings. The van der Waals surface area contributed by atoms with Crippen molar-refractivity contribution in [3.8, 4) is 45.1 Å². The molecule has 101 heavy (non-hydrogen) atoms. The van der Waals surface area contributed by atoms with Crippen LogP contribution in [0.25, 0.3) is 99.2 Å². The van der Waals surface area contributed by atoms with Gasteiger partial charge >= 0.3 is 0 Å². The number of rotatable bonds is 6. The Bertz CT molecular complexity index is 6250. The number of para-hydroxylation sites is 7. The van der Waals surface area contributed by atoms with Gasteiger partial charge in [0.2, 0.25) is 0 Å². The Morgan fingerprint density at radius 2 is 0.822 bits per heavy atom. The van der Waals surface area contributed by atoms with Crippen LogP contribution < -0.4 is 47.3 Å². The van der Waals surface area contributed by atoms with Gasteiger partial charge in [-0.05, 0) is 145 Å². The molecule has 9 heteroatoms. The van der Waals surface area contributed by atoms with E-state index in [2.05, 4.69) is 352 Å². The molecular formula is C92H66B2N4O2S. The van der Waals surface area contributed by atoms with Crippen LogP contribution in [0.5, 0.6) is 11.5 Å². The van der Waals surface area contributed by atoms with Crippen LogP contribution in [0.2, 0.25) is 0 Å². The summed E-state index contributed by atoms with van der Waals surface area (Å²) in [5, 5.41) is 7.10. The fraction of sp³-hybridized carbons (Fsp3) is 0.0870. The lowest BCUT2D eigenvalue weighted by molar-refractivity contribution is 0.482. The molecule has 0 N–H and O–H groups in total. The van der Waals surface area contributed by atoms with Crippen molar-refractivity contribution < 1.29 is 9.15 Å². The molecule has 0 fully saturated rings. The summed E-state index contributed by atoms with van der Waals surface area (Å²) in [5.74, 6) is 1.78. The van der Waals surface area contributed by atoms with Crippen molar-refractivity contribution in [2.75, 3.05) is 9.80 Å². The molecule has 0 radical (unpaired) electrons. The zero-order valence-electron chi connectivity index (χ0n) is 56.9. The second-order valence-electron chi connectivity index (χ2n) is 29.9. The molecule has 478 valence electrons. The number of nitrogens with zero attached hydrogens (tertiary/aromatic N) is 4. The molecule has 21 rings (SSSR count). The third-order valence-electron chi connectivity index (χ3n) is 22.1. The topological polar surface area (TPSA) is 38.7 Å². The van der Waals surface area contributed by atoms with E-state index in [1.807, 2.05) is 11.8 Å². The van der Waals surface area contributed by atoms with E-state index in [-0.39, 0.29) is 24.3 Å². The molecule has 0 spiro atoms. The highest BCUT2D eigenvalue weighted by molar-refractivity contribution is 8.00. The number of furan rings is 1. The van der Waals surface area contributed by atoms with Crippen LogP contribution in [0.3, 0.4) is 0 Å². The Labute approximate surface area is 591 Å². The van der Waals surface area contributed by atoms with Gasteiger partial charge in [-0.3, -0.25) is 0 Å². The van der Waals surface area contributed by atoms with Gasteiger partial charge in [-0.2, -0.15) is 0 Å². The summed E-state index contributed by atoms with van der Waals surface area (Å²) in [7, 11) is 0. The fourth-order valence-electron chi connectivity index (χ4n) is 17.4. The minimum Gasteiger partial charge on any atom is -0.458 e. The Kier molecular flexibility index (Phi) is 12.4. The second-order valence-corrected chi connectivity index (χ2v) is 31.0. The Morgan fingerprint density at radius 1 is 0.327 bits per heavy atom. The van der Waals surface area contributed by atoms with Crippen LogP contribution in [0.4, 0.5) is 34.1 Å². The molecule has 4 aliphatic heterocycles. The lowest BCUT2D eigenvalue weighted by atomic mass is 9.31. The largest absolute Gasteiger partial charge is 0.458 e. The van der Waals surface area contributed by atoms with Gasteiger partial charge in [0.05, 0.1) is 33.4 Å². The fourth-order valence-corrected chi connectivity index (χ4v) is 18.6. The molecule has 6 nitrogen and oxygen atoms in total. The van der Waals surface area contributed by atoms with Crippen molar-refractivity contribution >= 4 is 158 Å². The first-order chi connectivity index (χ1) is 49.4. The zero-order valence-corrected chi connectivity index (χ0v) is 57.7. The minimum atomic E-state index is -0.310. The number of benzene rings is 14. The maximum atomic E-state index is 7.78. The highest BCUT2D eigenvalue weighted by Crippen LogP contribution is 2.54. The summed E-state index contributed by atoms with van der Waals surface area (Å²) < 4.78 is 19.9. The first kappa shape index (κ1) is 58.3. The van der Waals surface area contributed by atoms with Crippen LogP contribution >= 0.6 is 11.8 Å². The zero-order chi connectivity index (χ0) is 67.3. The van der Waals surface area contributed by atoms with Gasteiger partial charge in [0, 0.05) is 93.4 Å². The van der Waals surface area contributed by atoms with Gasteiger partial charge in [0.1, 0.15) is 17.1 Å². The summed E-state index contributed by atoms with van der Waals surface area (Å²) in [4.78, 5) is 7.71. The monoisotopic (exact) mass is 1310 g/mol. The standard InChI is InChI=1S/C92H66B2N4O2S/c1-91(2,3)57-47-80-87-81(48-57)98(89-61(55-25-9-7-10-26-55)34-23-35-62(89)56-27-11-8-12-28-56)79-54-83-72(94-70-46-44-60(96-75-39-20-15-31-65(75)66-32-16-21-40-76(66)96)52-85(70)101-86-50-58(92(4,5)6)49-84(99-83)88(86)94)53-71(79)93(87)69-45-43-59(95-73-37-18-13-29-63(73)64-30-14-19-38-74(64)95)51-78(69)97(80)77-41-24-36-68-67-33-17-22-42-82(67)100-90(68)77/h7-54H,1-6H3. The molecular weight excluding hydrogens is 1250 g/mol. The molecule has 0 unspecified atom stereocenters. The van der Waals surface area contributed by atoms with Crippen molar-refractivity contribution in [3.63, 3.8) is 0 Å². The Hall–Kier alpha value is -11.6. The molecule has 0 atom stereocenters. The molecule has 3 aromatic heterocycles. The van der Waals surface area contributed by atoms with Crippen LogP contribution in [0, 0.1) is 0 Å². The van der Waals surface area contributed by atoms with Crippen molar-refractivity contribution in [3.05, 3.63) is 302 Å². The predicted octanol–water partition coefficient (Wildman–Crippen LogP) is 20.9. The van der Waals surface area contributed by atoms with E-state index in [1.54, 1.807) is 0 Å². The maximum absolute atomic E-state index is 7.78. The highest BCUT2D eigenvalue weighted by Gasteiger charge is 2.49. The Morgan fingerprint density at radius 3 is 1.43 bits per heavy atom. The average Bonchev–Trinajstić information content (AvgIpc) is 1.55. The van der Waals surface area contributed by atoms with Gasteiger partial charge in [0.25, 0.3) is 13.4 Å². The van der Waals surface area contributed by atoms with Crippen LogP contribution in [-0.4, -0.2) is 22.6 Å². The van der Waals surface area contributed by atoms with Crippen molar-refractivity contribution in [1.82, 2.24) is 9.13 Å². The average molecular weight is 1310 g/mol. The summed E-state index contributed by atoms with van der Waals surface area (Å²) >= 11 is 1.89. The van der Waals surface area contributed by atoms with Crippen molar-refractivity contribution in [2.24, 2.45) is 0 Å². The van der Waals surface area contributed by atoms with E-state index >= 15 is 0 Å². The number of hydrogen-bond donors (Lipinski definition) is 0. The molecule has 0 amide bonds. The van der Waals surface area contributed by atoms with E-state index in [0.717, 1.165) is 118 Å². The SMILES string of the molecule is CC(C)(C)c1cc2c3c(c1)Sc1cc(-n4c5ccccc5c5ccccc54)ccc1B3c1cc3c(cc1O2)N(c1c(-c2ccccc2)cccc1-c1ccccc1)c1cc(C(C)(C)C)cc2c1B3c1ccc(-n3c4ccccc4c4ccccc43)cc1N2c1cccc2c1oc1ccccc12. The van der Waals surface area contributed by atoms with Crippen LogP contribution in [-0.2, 0) is 10.8 Å². The van der Waals surface area contributed by atoms with E-state index in [1.165, 1.54) is 80.8 Å². The normalized spacial score (nSPS) is 13.6. The van der Waals surface area contributed by atoms with Crippen molar-refractivity contribution in [1.29, 1.82) is 0 Å². The first-order valence-corrected chi connectivity index (χ1v) is 36.1. The maximum Gasteiger partial charge on any atom is 0.253 e. The molecule has 0 bridgehead atoms. The molecule has 0 aliphatic carbocycles. The number of anilines is 6.